The fourth-order valence-electron chi connectivity index (χ4n) is 3.10. The molecule has 0 saturated carbocycles. The number of hydrogen-bond acceptors (Lipinski definition) is 3. The maximum absolute atomic E-state index is 5.49. The van der Waals surface area contributed by atoms with Gasteiger partial charge in [0.2, 0.25) is 0 Å². The van der Waals surface area contributed by atoms with Gasteiger partial charge in [-0.05, 0) is 64.1 Å². The molecule has 1 aliphatic heterocycles. The quantitative estimate of drug-likeness (QED) is 0.880. The Kier molecular flexibility index (Phi) is 3.89. The Hall–Kier alpha value is -1.20. The zero-order valence-corrected chi connectivity index (χ0v) is 13.0. The van der Waals surface area contributed by atoms with E-state index in [9.17, 15) is 0 Å². The molecule has 1 N–H and O–H groups in total. The number of imidazole rings is 1. The van der Waals surface area contributed by atoms with Gasteiger partial charge in [-0.2, -0.15) is 0 Å². The molecule has 0 aliphatic carbocycles. The SMILES string of the molecule is Cc1ccc2[nH]c(=S)n(C(C)CN3CCCCC3)c2n1. The number of H-pyrrole nitrogens is 1. The maximum atomic E-state index is 5.49. The lowest BCUT2D eigenvalue weighted by Gasteiger charge is -2.29. The first-order chi connectivity index (χ1) is 9.65. The molecule has 108 valence electrons. The van der Waals surface area contributed by atoms with E-state index in [0.717, 1.165) is 28.2 Å². The van der Waals surface area contributed by atoms with Crippen LogP contribution in [0.25, 0.3) is 11.2 Å². The molecule has 1 aliphatic rings. The molecule has 1 saturated heterocycles. The van der Waals surface area contributed by atoms with Crippen molar-refractivity contribution in [1.82, 2.24) is 19.4 Å². The predicted octanol–water partition coefficient (Wildman–Crippen LogP) is 3.45. The summed E-state index contributed by atoms with van der Waals surface area (Å²) in [6, 6.07) is 4.44. The van der Waals surface area contributed by atoms with E-state index in [-0.39, 0.29) is 0 Å². The van der Waals surface area contributed by atoms with Crippen LogP contribution in [-0.2, 0) is 0 Å². The van der Waals surface area contributed by atoms with Crippen molar-refractivity contribution in [2.24, 2.45) is 0 Å². The van der Waals surface area contributed by atoms with Gasteiger partial charge in [0.25, 0.3) is 0 Å². The third kappa shape index (κ3) is 2.65. The zero-order chi connectivity index (χ0) is 14.1. The second-order valence-corrected chi connectivity index (χ2v) is 6.22. The van der Waals surface area contributed by atoms with Gasteiger partial charge in [0.05, 0.1) is 5.52 Å². The largest absolute Gasteiger partial charge is 0.329 e. The van der Waals surface area contributed by atoms with Gasteiger partial charge in [0.1, 0.15) is 0 Å². The van der Waals surface area contributed by atoms with Crippen molar-refractivity contribution in [1.29, 1.82) is 0 Å². The normalized spacial score (nSPS) is 18.5. The van der Waals surface area contributed by atoms with Gasteiger partial charge >= 0.3 is 0 Å². The number of pyridine rings is 1. The molecule has 0 amide bonds. The lowest BCUT2D eigenvalue weighted by molar-refractivity contribution is 0.202. The zero-order valence-electron chi connectivity index (χ0n) is 12.2. The molecule has 1 unspecified atom stereocenters. The van der Waals surface area contributed by atoms with Crippen molar-refractivity contribution in [2.75, 3.05) is 19.6 Å². The Labute approximate surface area is 124 Å². The summed E-state index contributed by atoms with van der Waals surface area (Å²) in [4.78, 5) is 10.5. The first-order valence-corrected chi connectivity index (χ1v) is 7.86. The fourth-order valence-corrected chi connectivity index (χ4v) is 3.48. The molecule has 2 aromatic rings. The third-order valence-electron chi connectivity index (χ3n) is 4.11. The standard InChI is InChI=1S/C15H22N4S/c1-11-6-7-13-14(16-11)19(15(20)17-13)12(2)10-18-8-4-3-5-9-18/h6-7,12H,3-5,8-10H2,1-2H3,(H,17,20). The molecule has 20 heavy (non-hydrogen) atoms. The Balaban J connectivity index is 1.90. The molecule has 1 atom stereocenters. The number of fused-ring (bicyclic) bond motifs is 1. The molecule has 2 aromatic heterocycles. The fraction of sp³-hybridized carbons (Fsp3) is 0.600. The van der Waals surface area contributed by atoms with E-state index < -0.39 is 0 Å². The van der Waals surface area contributed by atoms with Crippen LogP contribution in [0, 0.1) is 11.7 Å². The number of hydrogen-bond donors (Lipinski definition) is 1. The highest BCUT2D eigenvalue weighted by atomic mass is 32.1. The van der Waals surface area contributed by atoms with E-state index in [0.29, 0.717) is 6.04 Å². The molecule has 1 fully saturated rings. The Bertz CT molecular complexity index is 651. The number of aromatic nitrogens is 3. The van der Waals surface area contributed by atoms with E-state index in [4.69, 9.17) is 12.2 Å². The maximum Gasteiger partial charge on any atom is 0.179 e. The van der Waals surface area contributed by atoms with E-state index in [1.165, 1.54) is 32.4 Å². The van der Waals surface area contributed by atoms with Gasteiger partial charge in [0.15, 0.2) is 10.4 Å². The summed E-state index contributed by atoms with van der Waals surface area (Å²) < 4.78 is 2.95. The van der Waals surface area contributed by atoms with Crippen molar-refractivity contribution >= 4 is 23.4 Å². The van der Waals surface area contributed by atoms with Crippen LogP contribution in [0.4, 0.5) is 0 Å². The van der Waals surface area contributed by atoms with Crippen LogP contribution < -0.4 is 0 Å². The molecular weight excluding hydrogens is 268 g/mol. The van der Waals surface area contributed by atoms with Crippen molar-refractivity contribution in [3.63, 3.8) is 0 Å². The molecule has 3 heterocycles. The number of aryl methyl sites for hydroxylation is 1. The first kappa shape index (κ1) is 13.8. The summed E-state index contributed by atoms with van der Waals surface area (Å²) in [5, 5.41) is 0. The molecule has 0 radical (unpaired) electrons. The first-order valence-electron chi connectivity index (χ1n) is 7.45. The molecule has 0 aromatic carbocycles. The minimum absolute atomic E-state index is 0.351. The van der Waals surface area contributed by atoms with Gasteiger partial charge in [-0.15, -0.1) is 0 Å². The Morgan fingerprint density at radius 3 is 2.80 bits per heavy atom. The summed E-state index contributed by atoms with van der Waals surface area (Å²) in [7, 11) is 0. The summed E-state index contributed by atoms with van der Waals surface area (Å²) in [6.07, 6.45) is 4.02. The van der Waals surface area contributed by atoms with Crippen LogP contribution in [0.2, 0.25) is 0 Å². The minimum atomic E-state index is 0.351. The average molecular weight is 290 g/mol. The van der Waals surface area contributed by atoms with Crippen LogP contribution in [0.3, 0.4) is 0 Å². The van der Waals surface area contributed by atoms with Crippen molar-refractivity contribution in [2.45, 2.75) is 39.2 Å². The van der Waals surface area contributed by atoms with Crippen LogP contribution >= 0.6 is 12.2 Å². The van der Waals surface area contributed by atoms with Crippen LogP contribution in [0.15, 0.2) is 12.1 Å². The van der Waals surface area contributed by atoms with Gasteiger partial charge in [0, 0.05) is 18.3 Å². The van der Waals surface area contributed by atoms with Crippen LogP contribution in [0.5, 0.6) is 0 Å². The van der Waals surface area contributed by atoms with Gasteiger partial charge in [-0.25, -0.2) is 4.98 Å². The second kappa shape index (κ2) is 5.66. The van der Waals surface area contributed by atoms with Gasteiger partial charge in [-0.3, -0.25) is 4.57 Å². The number of piperidine rings is 1. The summed E-state index contributed by atoms with van der Waals surface area (Å²) in [6.45, 7) is 7.74. The number of nitrogens with one attached hydrogen (secondary N) is 1. The van der Waals surface area contributed by atoms with E-state index in [1.807, 2.05) is 13.0 Å². The van der Waals surface area contributed by atoms with E-state index in [1.54, 1.807) is 0 Å². The Morgan fingerprint density at radius 2 is 2.05 bits per heavy atom. The smallest absolute Gasteiger partial charge is 0.179 e. The lowest BCUT2D eigenvalue weighted by Crippen LogP contribution is -2.34. The van der Waals surface area contributed by atoms with Gasteiger partial charge < -0.3 is 9.88 Å². The van der Waals surface area contributed by atoms with Crippen molar-refractivity contribution in [3.8, 4) is 0 Å². The Morgan fingerprint density at radius 1 is 1.30 bits per heavy atom. The molecular formula is C15H22N4S. The van der Waals surface area contributed by atoms with Crippen LogP contribution in [-0.4, -0.2) is 39.1 Å². The minimum Gasteiger partial charge on any atom is -0.329 e. The van der Waals surface area contributed by atoms with Crippen molar-refractivity contribution < 1.29 is 0 Å². The number of rotatable bonds is 3. The predicted molar refractivity (Wildman–Crippen MR) is 84.7 cm³/mol. The van der Waals surface area contributed by atoms with Crippen molar-refractivity contribution in [3.05, 3.63) is 22.6 Å². The van der Waals surface area contributed by atoms with Gasteiger partial charge in [-0.1, -0.05) is 6.42 Å². The monoisotopic (exact) mass is 290 g/mol. The lowest BCUT2D eigenvalue weighted by atomic mass is 10.1. The number of likely N-dealkylation sites (tertiary alicyclic amines) is 1. The highest BCUT2D eigenvalue weighted by Crippen LogP contribution is 2.20. The summed E-state index contributed by atoms with van der Waals surface area (Å²) in [5.74, 6) is 0. The highest BCUT2D eigenvalue weighted by Gasteiger charge is 2.17. The number of aromatic amines is 1. The molecule has 0 spiro atoms. The van der Waals surface area contributed by atoms with Crippen LogP contribution in [0.1, 0.15) is 37.9 Å². The number of nitrogens with zero attached hydrogens (tertiary/aromatic N) is 3. The highest BCUT2D eigenvalue weighted by molar-refractivity contribution is 7.71. The molecule has 5 heteroatoms. The molecule has 3 rings (SSSR count). The molecule has 4 nitrogen and oxygen atoms in total. The third-order valence-corrected chi connectivity index (χ3v) is 4.41. The summed E-state index contributed by atoms with van der Waals surface area (Å²) >= 11 is 5.49. The topological polar surface area (TPSA) is 36.9 Å². The van der Waals surface area contributed by atoms with E-state index >= 15 is 0 Å². The average Bonchev–Trinajstić information content (AvgIpc) is 2.75. The van der Waals surface area contributed by atoms with E-state index in [2.05, 4.69) is 32.4 Å². The second-order valence-electron chi connectivity index (χ2n) is 5.83. The molecule has 0 bridgehead atoms. The summed E-state index contributed by atoms with van der Waals surface area (Å²) in [5.41, 5.74) is 3.05.